The first-order valence-electron chi connectivity index (χ1n) is 6.08. The normalized spacial score (nSPS) is 16.0. The van der Waals surface area contributed by atoms with E-state index in [1.54, 1.807) is 43.5 Å². The van der Waals surface area contributed by atoms with Crippen molar-refractivity contribution in [1.29, 1.82) is 0 Å². The fourth-order valence-corrected chi connectivity index (χ4v) is 2.13. The van der Waals surface area contributed by atoms with Crippen LogP contribution in [-0.4, -0.2) is 19.0 Å². The molecule has 1 aromatic carbocycles. The highest BCUT2D eigenvalue weighted by atomic mass is 79.9. The van der Waals surface area contributed by atoms with Crippen LogP contribution in [0.1, 0.15) is 11.3 Å². The molecule has 21 heavy (non-hydrogen) atoms. The Kier molecular flexibility index (Phi) is 3.62. The van der Waals surface area contributed by atoms with E-state index in [0.717, 1.165) is 5.75 Å². The minimum atomic E-state index is -0.506. The number of furan rings is 1. The number of carbonyl (C=O) groups excluding carboxylic acids is 1. The summed E-state index contributed by atoms with van der Waals surface area (Å²) in [5, 5.41) is 0. The number of nitrogens with zero attached hydrogens (tertiary/aromatic N) is 1. The van der Waals surface area contributed by atoms with Gasteiger partial charge in [-0.2, -0.15) is 0 Å². The molecule has 0 bridgehead atoms. The van der Waals surface area contributed by atoms with Crippen molar-refractivity contribution in [3.05, 3.63) is 58.1 Å². The van der Waals surface area contributed by atoms with E-state index in [-0.39, 0.29) is 11.6 Å². The lowest BCUT2D eigenvalue weighted by Crippen LogP contribution is -2.05. The third kappa shape index (κ3) is 2.90. The van der Waals surface area contributed by atoms with Crippen LogP contribution in [-0.2, 0) is 9.53 Å². The summed E-state index contributed by atoms with van der Waals surface area (Å²) in [5.74, 6) is 1.00. The summed E-state index contributed by atoms with van der Waals surface area (Å²) >= 11 is 3.20. The van der Waals surface area contributed by atoms with E-state index in [9.17, 15) is 4.79 Å². The van der Waals surface area contributed by atoms with Crippen molar-refractivity contribution in [3.63, 3.8) is 0 Å². The number of esters is 1. The van der Waals surface area contributed by atoms with Gasteiger partial charge in [-0.1, -0.05) is 0 Å². The number of halogens is 1. The highest BCUT2D eigenvalue weighted by molar-refractivity contribution is 9.10. The summed E-state index contributed by atoms with van der Waals surface area (Å²) < 4.78 is 16.1. The second kappa shape index (κ2) is 5.57. The fraction of sp³-hybridized carbons (Fsp3) is 0.0667. The van der Waals surface area contributed by atoms with Crippen molar-refractivity contribution >= 4 is 33.9 Å². The Balaban J connectivity index is 1.89. The van der Waals surface area contributed by atoms with Gasteiger partial charge in [0.1, 0.15) is 11.5 Å². The second-order valence-corrected chi connectivity index (χ2v) is 4.99. The molecule has 5 nitrogen and oxygen atoms in total. The summed E-state index contributed by atoms with van der Waals surface area (Å²) in [6.07, 6.45) is 1.53. The van der Waals surface area contributed by atoms with Gasteiger partial charge in [0.25, 0.3) is 0 Å². The summed E-state index contributed by atoms with van der Waals surface area (Å²) in [6, 6.07) is 10.6. The maximum Gasteiger partial charge on any atom is 0.363 e. The molecule has 0 spiro atoms. The van der Waals surface area contributed by atoms with Gasteiger partial charge in [-0.3, -0.25) is 0 Å². The average molecular weight is 348 g/mol. The number of rotatable bonds is 3. The number of ether oxygens (including phenoxy) is 2. The van der Waals surface area contributed by atoms with Crippen LogP contribution in [0.4, 0.5) is 0 Å². The van der Waals surface area contributed by atoms with Gasteiger partial charge in [-0.05, 0) is 52.3 Å². The van der Waals surface area contributed by atoms with Crippen LogP contribution in [0.5, 0.6) is 5.75 Å². The number of hydrogen-bond donors (Lipinski definition) is 0. The number of methoxy groups -OCH3 is 1. The molecule has 0 radical (unpaired) electrons. The van der Waals surface area contributed by atoms with E-state index < -0.39 is 5.97 Å². The minimum Gasteiger partial charge on any atom is -0.497 e. The van der Waals surface area contributed by atoms with Gasteiger partial charge in [-0.15, -0.1) is 0 Å². The topological polar surface area (TPSA) is 61.0 Å². The lowest BCUT2D eigenvalue weighted by atomic mass is 10.2. The zero-order chi connectivity index (χ0) is 14.8. The average Bonchev–Trinajstić information content (AvgIpc) is 3.06. The van der Waals surface area contributed by atoms with Crippen LogP contribution >= 0.6 is 15.9 Å². The van der Waals surface area contributed by atoms with E-state index in [0.29, 0.717) is 16.0 Å². The van der Waals surface area contributed by atoms with Crippen LogP contribution in [0, 0.1) is 0 Å². The van der Waals surface area contributed by atoms with Gasteiger partial charge in [0.15, 0.2) is 10.4 Å². The first-order valence-corrected chi connectivity index (χ1v) is 6.87. The van der Waals surface area contributed by atoms with Crippen molar-refractivity contribution in [2.45, 2.75) is 0 Å². The molecule has 0 unspecified atom stereocenters. The first kappa shape index (κ1) is 13.6. The Bertz CT molecular complexity index is 743. The largest absolute Gasteiger partial charge is 0.497 e. The van der Waals surface area contributed by atoms with Gasteiger partial charge in [-0.25, -0.2) is 9.79 Å². The summed E-state index contributed by atoms with van der Waals surface area (Å²) in [7, 11) is 1.59. The van der Waals surface area contributed by atoms with E-state index >= 15 is 0 Å². The van der Waals surface area contributed by atoms with E-state index in [1.165, 1.54) is 6.08 Å². The van der Waals surface area contributed by atoms with E-state index in [2.05, 4.69) is 20.9 Å². The van der Waals surface area contributed by atoms with Crippen LogP contribution in [0.15, 0.2) is 56.2 Å². The zero-order valence-corrected chi connectivity index (χ0v) is 12.6. The highest BCUT2D eigenvalue weighted by Crippen LogP contribution is 2.22. The smallest absolute Gasteiger partial charge is 0.363 e. The molecule has 0 aliphatic carbocycles. The van der Waals surface area contributed by atoms with Gasteiger partial charge in [0, 0.05) is 11.6 Å². The van der Waals surface area contributed by atoms with Crippen molar-refractivity contribution in [2.24, 2.45) is 4.99 Å². The maximum atomic E-state index is 11.8. The highest BCUT2D eigenvalue weighted by Gasteiger charge is 2.24. The van der Waals surface area contributed by atoms with Crippen molar-refractivity contribution < 1.29 is 18.7 Å². The predicted molar refractivity (Wildman–Crippen MR) is 80.0 cm³/mol. The minimum absolute atomic E-state index is 0.197. The summed E-state index contributed by atoms with van der Waals surface area (Å²) in [4.78, 5) is 16.0. The Labute approximate surface area is 129 Å². The molecular formula is C15H10BrNO4. The Morgan fingerprint density at radius 2 is 1.95 bits per heavy atom. The lowest BCUT2D eigenvalue weighted by molar-refractivity contribution is -0.129. The molecule has 6 heteroatoms. The molecule has 0 atom stereocenters. The Morgan fingerprint density at radius 1 is 1.19 bits per heavy atom. The van der Waals surface area contributed by atoms with Gasteiger partial charge in [0.05, 0.1) is 7.11 Å². The Morgan fingerprint density at radius 3 is 2.57 bits per heavy atom. The fourth-order valence-electron chi connectivity index (χ4n) is 1.81. The number of benzene rings is 1. The van der Waals surface area contributed by atoms with Crippen LogP contribution in [0.25, 0.3) is 6.08 Å². The van der Waals surface area contributed by atoms with Gasteiger partial charge < -0.3 is 13.9 Å². The predicted octanol–water partition coefficient (Wildman–Crippen LogP) is 3.40. The molecule has 1 aromatic heterocycles. The van der Waals surface area contributed by atoms with Crippen molar-refractivity contribution in [1.82, 2.24) is 0 Å². The molecule has 1 aliphatic heterocycles. The number of carbonyl (C=O) groups is 1. The maximum absolute atomic E-state index is 11.8. The zero-order valence-electron chi connectivity index (χ0n) is 11.0. The molecule has 1 aliphatic rings. The van der Waals surface area contributed by atoms with Crippen LogP contribution in [0.2, 0.25) is 0 Å². The molecule has 2 heterocycles. The molecular weight excluding hydrogens is 338 g/mol. The Hall–Kier alpha value is -2.34. The SMILES string of the molecule is COc1ccc(C2=N/C(=C/c3ccc(Br)o3)C(=O)O2)cc1. The van der Waals surface area contributed by atoms with Crippen molar-refractivity contribution in [2.75, 3.05) is 7.11 Å². The molecule has 0 fully saturated rings. The molecule has 0 amide bonds. The van der Waals surface area contributed by atoms with Crippen LogP contribution in [0.3, 0.4) is 0 Å². The third-order valence-corrected chi connectivity index (χ3v) is 3.26. The monoisotopic (exact) mass is 347 g/mol. The standard InChI is InChI=1S/C15H10BrNO4/c1-19-10-4-2-9(3-5-10)14-17-12(15(18)21-14)8-11-6-7-13(16)20-11/h2-8H,1H3/b12-8+. The van der Waals surface area contributed by atoms with Gasteiger partial charge in [0.2, 0.25) is 5.90 Å². The molecule has 106 valence electrons. The third-order valence-electron chi connectivity index (χ3n) is 2.83. The summed E-state index contributed by atoms with van der Waals surface area (Å²) in [6.45, 7) is 0. The number of aliphatic imine (C=N–C) groups is 1. The molecule has 2 aromatic rings. The molecule has 3 rings (SSSR count). The lowest BCUT2D eigenvalue weighted by Gasteiger charge is -2.01. The quantitative estimate of drug-likeness (QED) is 0.630. The van der Waals surface area contributed by atoms with Gasteiger partial charge >= 0.3 is 5.97 Å². The second-order valence-electron chi connectivity index (χ2n) is 4.21. The summed E-state index contributed by atoms with van der Waals surface area (Å²) in [5.41, 5.74) is 0.899. The molecule has 0 N–H and O–H groups in total. The van der Waals surface area contributed by atoms with Crippen LogP contribution < -0.4 is 4.74 Å². The van der Waals surface area contributed by atoms with Crippen molar-refractivity contribution in [3.8, 4) is 5.75 Å². The number of cyclic esters (lactones) is 1. The first-order chi connectivity index (χ1) is 10.2. The number of hydrogen-bond acceptors (Lipinski definition) is 5. The van der Waals surface area contributed by atoms with E-state index in [4.69, 9.17) is 13.9 Å². The van der Waals surface area contributed by atoms with E-state index in [1.807, 2.05) is 0 Å². The molecule has 0 saturated carbocycles. The molecule has 0 saturated heterocycles.